The fourth-order valence-corrected chi connectivity index (χ4v) is 4.32. The molecule has 1 saturated carbocycles. The van der Waals surface area contributed by atoms with E-state index in [1.54, 1.807) is 0 Å². The second-order valence-electron chi connectivity index (χ2n) is 7.24. The van der Waals surface area contributed by atoms with E-state index < -0.39 is 0 Å². The van der Waals surface area contributed by atoms with E-state index in [1.165, 1.54) is 12.8 Å². The number of likely N-dealkylation sites (tertiary alicyclic amines) is 2. The highest BCUT2D eigenvalue weighted by atomic mass is 16.5. The molecule has 1 aliphatic carbocycles. The van der Waals surface area contributed by atoms with Crippen molar-refractivity contribution in [1.82, 2.24) is 9.80 Å². The molecule has 0 bridgehead atoms. The van der Waals surface area contributed by atoms with Crippen LogP contribution in [-0.2, 0) is 19.1 Å². The Morgan fingerprint density at radius 1 is 1.08 bits per heavy atom. The second-order valence-corrected chi connectivity index (χ2v) is 7.24. The first-order valence-corrected chi connectivity index (χ1v) is 9.35. The van der Waals surface area contributed by atoms with Crippen LogP contribution in [0.25, 0.3) is 0 Å². The van der Waals surface area contributed by atoms with Crippen molar-refractivity contribution in [3.8, 4) is 0 Å². The molecule has 1 unspecified atom stereocenters. The molecule has 24 heavy (non-hydrogen) atoms. The molecule has 3 fully saturated rings. The van der Waals surface area contributed by atoms with E-state index in [2.05, 4.69) is 0 Å². The average molecular weight is 336 g/mol. The van der Waals surface area contributed by atoms with Gasteiger partial charge in [0, 0.05) is 32.1 Å². The number of ether oxygens (including phenoxy) is 1. The molecule has 0 spiro atoms. The van der Waals surface area contributed by atoms with Gasteiger partial charge < -0.3 is 14.5 Å². The predicted molar refractivity (Wildman–Crippen MR) is 88.0 cm³/mol. The minimum absolute atomic E-state index is 0.0887. The molecule has 6 heteroatoms. The van der Waals surface area contributed by atoms with Crippen LogP contribution in [0.15, 0.2) is 0 Å². The molecule has 2 amide bonds. The van der Waals surface area contributed by atoms with E-state index in [-0.39, 0.29) is 29.6 Å². The third-order valence-corrected chi connectivity index (χ3v) is 5.70. The Hall–Kier alpha value is -1.59. The van der Waals surface area contributed by atoms with Gasteiger partial charge in [0.05, 0.1) is 18.4 Å². The van der Waals surface area contributed by atoms with Crippen LogP contribution in [0.5, 0.6) is 0 Å². The molecular formula is C18H28N2O4. The van der Waals surface area contributed by atoms with Gasteiger partial charge in [0.2, 0.25) is 11.8 Å². The first-order valence-electron chi connectivity index (χ1n) is 9.35. The molecule has 0 N–H and O–H groups in total. The van der Waals surface area contributed by atoms with Crippen LogP contribution in [0.4, 0.5) is 0 Å². The van der Waals surface area contributed by atoms with Gasteiger partial charge in [-0.1, -0.05) is 12.8 Å². The summed E-state index contributed by atoms with van der Waals surface area (Å²) in [7, 11) is 0. The van der Waals surface area contributed by atoms with Gasteiger partial charge in [-0.25, -0.2) is 0 Å². The third kappa shape index (κ3) is 3.57. The normalized spacial score (nSPS) is 26.2. The third-order valence-electron chi connectivity index (χ3n) is 5.70. The van der Waals surface area contributed by atoms with Crippen LogP contribution >= 0.6 is 0 Å². The maximum absolute atomic E-state index is 12.7. The van der Waals surface area contributed by atoms with Crippen molar-refractivity contribution in [2.75, 3.05) is 26.2 Å². The monoisotopic (exact) mass is 336 g/mol. The lowest BCUT2D eigenvalue weighted by molar-refractivity contribution is -0.151. The van der Waals surface area contributed by atoms with Gasteiger partial charge in [0.1, 0.15) is 0 Å². The minimum atomic E-state index is -0.197. The number of piperidine rings is 1. The van der Waals surface area contributed by atoms with Crippen molar-refractivity contribution in [3.05, 3.63) is 0 Å². The van der Waals surface area contributed by atoms with Crippen molar-refractivity contribution >= 4 is 17.8 Å². The number of hydrogen-bond donors (Lipinski definition) is 0. The van der Waals surface area contributed by atoms with Gasteiger partial charge in [-0.15, -0.1) is 0 Å². The highest BCUT2D eigenvalue weighted by Gasteiger charge is 2.41. The van der Waals surface area contributed by atoms with Crippen molar-refractivity contribution in [3.63, 3.8) is 0 Å². The summed E-state index contributed by atoms with van der Waals surface area (Å²) >= 11 is 0. The van der Waals surface area contributed by atoms with Gasteiger partial charge in [0.25, 0.3) is 0 Å². The van der Waals surface area contributed by atoms with Gasteiger partial charge in [-0.3, -0.25) is 14.4 Å². The zero-order chi connectivity index (χ0) is 17.1. The lowest BCUT2D eigenvalue weighted by atomic mass is 9.95. The molecule has 1 atom stereocenters. The Labute approximate surface area is 143 Å². The van der Waals surface area contributed by atoms with Gasteiger partial charge in [-0.2, -0.15) is 0 Å². The SMILES string of the molecule is CCOC(=O)C1CCN(C(=O)C2CC(=O)N(C3CCCC3)C2)CC1. The Balaban J connectivity index is 1.51. The van der Waals surface area contributed by atoms with E-state index in [0.29, 0.717) is 51.5 Å². The molecule has 0 aromatic rings. The van der Waals surface area contributed by atoms with Crippen LogP contribution in [0.2, 0.25) is 0 Å². The molecule has 6 nitrogen and oxygen atoms in total. The summed E-state index contributed by atoms with van der Waals surface area (Å²) in [6.07, 6.45) is 6.22. The molecular weight excluding hydrogens is 308 g/mol. The quantitative estimate of drug-likeness (QED) is 0.731. The largest absolute Gasteiger partial charge is 0.466 e. The van der Waals surface area contributed by atoms with Crippen LogP contribution in [0.3, 0.4) is 0 Å². The van der Waals surface area contributed by atoms with Crippen LogP contribution in [0.1, 0.15) is 51.9 Å². The minimum Gasteiger partial charge on any atom is -0.466 e. The average Bonchev–Trinajstić information content (AvgIpc) is 3.24. The standard InChI is InChI=1S/C18H28N2O4/c1-2-24-18(23)13-7-9-19(10-8-13)17(22)14-11-16(21)20(12-14)15-5-3-4-6-15/h13-15H,2-12H2,1H3. The van der Waals surface area contributed by atoms with E-state index in [4.69, 9.17) is 4.74 Å². The van der Waals surface area contributed by atoms with E-state index in [9.17, 15) is 14.4 Å². The van der Waals surface area contributed by atoms with Crippen LogP contribution in [-0.4, -0.2) is 59.9 Å². The highest BCUT2D eigenvalue weighted by molar-refractivity contribution is 5.89. The summed E-state index contributed by atoms with van der Waals surface area (Å²) in [5, 5.41) is 0. The number of nitrogens with zero attached hydrogens (tertiary/aromatic N) is 2. The van der Waals surface area contributed by atoms with Crippen molar-refractivity contribution in [2.45, 2.75) is 57.9 Å². The molecule has 2 saturated heterocycles. The van der Waals surface area contributed by atoms with E-state index in [0.717, 1.165) is 12.8 Å². The van der Waals surface area contributed by atoms with Crippen molar-refractivity contribution < 1.29 is 19.1 Å². The summed E-state index contributed by atoms with van der Waals surface area (Å²) in [4.78, 5) is 40.6. The smallest absolute Gasteiger partial charge is 0.309 e. The number of esters is 1. The molecule has 134 valence electrons. The maximum atomic E-state index is 12.7. The fraction of sp³-hybridized carbons (Fsp3) is 0.833. The van der Waals surface area contributed by atoms with Gasteiger partial charge in [0.15, 0.2) is 0 Å². The summed E-state index contributed by atoms with van der Waals surface area (Å²) in [6, 6.07) is 0.352. The fourth-order valence-electron chi connectivity index (χ4n) is 4.32. The van der Waals surface area contributed by atoms with E-state index >= 15 is 0 Å². The van der Waals surface area contributed by atoms with E-state index in [1.807, 2.05) is 16.7 Å². The summed E-state index contributed by atoms with van der Waals surface area (Å²) in [5.74, 6) is -0.202. The summed E-state index contributed by atoms with van der Waals surface area (Å²) in [6.45, 7) is 3.98. The van der Waals surface area contributed by atoms with Gasteiger partial charge in [-0.05, 0) is 32.6 Å². The molecule has 0 aromatic heterocycles. The van der Waals surface area contributed by atoms with Crippen LogP contribution in [0, 0.1) is 11.8 Å². The van der Waals surface area contributed by atoms with Gasteiger partial charge >= 0.3 is 5.97 Å². The second kappa shape index (κ2) is 7.53. The number of rotatable bonds is 4. The van der Waals surface area contributed by atoms with Crippen molar-refractivity contribution in [1.29, 1.82) is 0 Å². The Kier molecular flexibility index (Phi) is 5.41. The zero-order valence-corrected chi connectivity index (χ0v) is 14.5. The molecule has 0 aromatic carbocycles. The maximum Gasteiger partial charge on any atom is 0.309 e. The number of hydrogen-bond acceptors (Lipinski definition) is 4. The Morgan fingerprint density at radius 3 is 2.38 bits per heavy atom. The lowest BCUT2D eigenvalue weighted by Crippen LogP contribution is -2.44. The first kappa shape index (κ1) is 17.2. The molecule has 2 heterocycles. The number of carbonyl (C=O) groups is 3. The van der Waals surface area contributed by atoms with Crippen LogP contribution < -0.4 is 0 Å². The summed E-state index contributed by atoms with van der Waals surface area (Å²) in [5.41, 5.74) is 0. The molecule has 0 radical (unpaired) electrons. The molecule has 3 aliphatic rings. The lowest BCUT2D eigenvalue weighted by Gasteiger charge is -2.32. The Morgan fingerprint density at radius 2 is 1.75 bits per heavy atom. The topological polar surface area (TPSA) is 66.9 Å². The Bertz CT molecular complexity index is 493. The first-order chi connectivity index (χ1) is 11.6. The number of amides is 2. The van der Waals surface area contributed by atoms with Crippen molar-refractivity contribution in [2.24, 2.45) is 11.8 Å². The highest BCUT2D eigenvalue weighted by Crippen LogP contribution is 2.31. The molecule has 2 aliphatic heterocycles. The summed E-state index contributed by atoms with van der Waals surface area (Å²) < 4.78 is 5.07. The molecule has 3 rings (SSSR count). The zero-order valence-electron chi connectivity index (χ0n) is 14.5. The predicted octanol–water partition coefficient (Wildman–Crippen LogP) is 1.58. The number of carbonyl (C=O) groups excluding carboxylic acids is 3.